The van der Waals surface area contributed by atoms with Gasteiger partial charge in [-0.2, -0.15) is 0 Å². The molecule has 5 nitrogen and oxygen atoms in total. The zero-order valence-electron chi connectivity index (χ0n) is 10.2. The van der Waals surface area contributed by atoms with Crippen molar-refractivity contribution < 1.29 is 13.2 Å². The second kappa shape index (κ2) is 5.58. The Kier molecular flexibility index (Phi) is 4.08. The molecule has 0 unspecified atom stereocenters. The molecule has 2 rings (SSSR count). The number of rotatable bonds is 5. The topological polar surface area (TPSA) is 72.6 Å². The molecule has 0 spiro atoms. The molecule has 1 aromatic carbocycles. The Morgan fingerprint density at radius 3 is 2.67 bits per heavy atom. The number of hydrogen-bond acceptors (Lipinski definition) is 4. The van der Waals surface area contributed by atoms with E-state index in [1.165, 1.54) is 4.31 Å². The van der Waals surface area contributed by atoms with E-state index >= 15 is 0 Å². The highest BCUT2D eigenvalue weighted by atomic mass is 32.2. The third-order valence-electron chi connectivity index (χ3n) is 2.93. The minimum Gasteiger partial charge on any atom is -0.492 e. The van der Waals surface area contributed by atoms with Gasteiger partial charge in [-0.15, -0.1) is 0 Å². The average Bonchev–Trinajstić information content (AvgIpc) is 2.83. The minimum atomic E-state index is -3.16. The highest BCUT2D eigenvalue weighted by molar-refractivity contribution is 7.89. The first kappa shape index (κ1) is 13.2. The molecule has 1 heterocycles. The lowest BCUT2D eigenvalue weighted by Crippen LogP contribution is -2.32. The van der Waals surface area contributed by atoms with Gasteiger partial charge in [0.25, 0.3) is 0 Å². The van der Waals surface area contributed by atoms with Crippen molar-refractivity contribution in [1.82, 2.24) is 4.31 Å². The van der Waals surface area contributed by atoms with Gasteiger partial charge < -0.3 is 10.5 Å². The maximum atomic E-state index is 11.9. The quantitative estimate of drug-likeness (QED) is 0.812. The fourth-order valence-electron chi connectivity index (χ4n) is 1.96. The fourth-order valence-corrected chi connectivity index (χ4v) is 3.33. The Labute approximate surface area is 108 Å². The van der Waals surface area contributed by atoms with Crippen LogP contribution in [0.1, 0.15) is 12.8 Å². The van der Waals surface area contributed by atoms with Crippen molar-refractivity contribution >= 4 is 15.7 Å². The standard InChI is InChI=1S/C12H18N2O3S/c13-11-4-3-5-12(10-11)17-8-9-18(15,16)14-6-1-2-7-14/h3-5,10H,1-2,6-9,13H2. The van der Waals surface area contributed by atoms with Gasteiger partial charge in [0.2, 0.25) is 10.0 Å². The second-order valence-electron chi connectivity index (χ2n) is 4.34. The highest BCUT2D eigenvalue weighted by Crippen LogP contribution is 2.16. The van der Waals surface area contributed by atoms with Crippen LogP contribution in [0.2, 0.25) is 0 Å². The number of nitrogens with two attached hydrogens (primary N) is 1. The van der Waals surface area contributed by atoms with E-state index in [1.54, 1.807) is 24.3 Å². The first-order chi connectivity index (χ1) is 8.58. The molecule has 0 aromatic heterocycles. The van der Waals surface area contributed by atoms with Crippen LogP contribution in [0.4, 0.5) is 5.69 Å². The largest absolute Gasteiger partial charge is 0.492 e. The van der Waals surface area contributed by atoms with Gasteiger partial charge in [0.15, 0.2) is 0 Å². The maximum Gasteiger partial charge on any atom is 0.217 e. The summed E-state index contributed by atoms with van der Waals surface area (Å²) in [6, 6.07) is 6.98. The van der Waals surface area contributed by atoms with Gasteiger partial charge in [-0.1, -0.05) is 6.07 Å². The van der Waals surface area contributed by atoms with Crippen LogP contribution in [0.25, 0.3) is 0 Å². The molecule has 100 valence electrons. The molecule has 0 aliphatic carbocycles. The Hall–Kier alpha value is -1.27. The molecule has 0 saturated carbocycles. The zero-order chi connectivity index (χ0) is 13.0. The van der Waals surface area contributed by atoms with Gasteiger partial charge in [-0.3, -0.25) is 0 Å². The minimum absolute atomic E-state index is 0.0157. The molecule has 2 N–H and O–H groups in total. The maximum absolute atomic E-state index is 11.9. The van der Waals surface area contributed by atoms with Crippen LogP contribution in [-0.4, -0.2) is 38.2 Å². The summed E-state index contributed by atoms with van der Waals surface area (Å²) < 4.78 is 30.8. The molecule has 6 heteroatoms. The van der Waals surface area contributed by atoms with Crippen LogP contribution in [0, 0.1) is 0 Å². The summed E-state index contributed by atoms with van der Waals surface area (Å²) in [7, 11) is -3.16. The van der Waals surface area contributed by atoms with E-state index in [0.717, 1.165) is 12.8 Å². The van der Waals surface area contributed by atoms with Crippen LogP contribution >= 0.6 is 0 Å². The fraction of sp³-hybridized carbons (Fsp3) is 0.500. The van der Waals surface area contributed by atoms with E-state index < -0.39 is 10.0 Å². The number of hydrogen-bond donors (Lipinski definition) is 1. The normalized spacial score (nSPS) is 16.9. The predicted octanol–water partition coefficient (Wildman–Crippen LogP) is 1.07. The third-order valence-corrected chi connectivity index (χ3v) is 4.76. The lowest BCUT2D eigenvalue weighted by atomic mass is 10.3. The Balaban J connectivity index is 1.84. The number of nitrogens with zero attached hydrogens (tertiary/aromatic N) is 1. The van der Waals surface area contributed by atoms with Crippen molar-refractivity contribution in [3.63, 3.8) is 0 Å². The van der Waals surface area contributed by atoms with Crippen LogP contribution in [0.3, 0.4) is 0 Å². The molecule has 0 amide bonds. The molecular formula is C12H18N2O3S. The predicted molar refractivity (Wildman–Crippen MR) is 70.9 cm³/mol. The second-order valence-corrected chi connectivity index (χ2v) is 6.43. The smallest absolute Gasteiger partial charge is 0.217 e. The van der Waals surface area contributed by atoms with E-state index in [2.05, 4.69) is 0 Å². The summed E-state index contributed by atoms with van der Waals surface area (Å²) in [5, 5.41) is 0. The summed E-state index contributed by atoms with van der Waals surface area (Å²) in [6.45, 7) is 1.43. The number of anilines is 1. The van der Waals surface area contributed by atoms with Crippen molar-refractivity contribution in [1.29, 1.82) is 0 Å². The van der Waals surface area contributed by atoms with E-state index in [1.807, 2.05) is 0 Å². The van der Waals surface area contributed by atoms with Gasteiger partial charge in [0.1, 0.15) is 12.4 Å². The molecular weight excluding hydrogens is 252 g/mol. The van der Waals surface area contributed by atoms with Gasteiger partial charge in [0, 0.05) is 24.8 Å². The van der Waals surface area contributed by atoms with Crippen LogP contribution in [0.5, 0.6) is 5.75 Å². The lowest BCUT2D eigenvalue weighted by Gasteiger charge is -2.15. The van der Waals surface area contributed by atoms with Crippen molar-refractivity contribution in [2.45, 2.75) is 12.8 Å². The summed E-state index contributed by atoms with van der Waals surface area (Å²) >= 11 is 0. The van der Waals surface area contributed by atoms with Crippen molar-refractivity contribution in [2.75, 3.05) is 31.2 Å². The first-order valence-electron chi connectivity index (χ1n) is 6.04. The zero-order valence-corrected chi connectivity index (χ0v) is 11.0. The molecule has 1 aliphatic heterocycles. The van der Waals surface area contributed by atoms with E-state index in [9.17, 15) is 8.42 Å². The summed E-state index contributed by atoms with van der Waals surface area (Å²) in [6.07, 6.45) is 1.91. The van der Waals surface area contributed by atoms with Crippen LogP contribution < -0.4 is 10.5 Å². The molecule has 1 aromatic rings. The molecule has 1 aliphatic rings. The Morgan fingerprint density at radius 1 is 1.28 bits per heavy atom. The van der Waals surface area contributed by atoms with Gasteiger partial charge in [-0.05, 0) is 25.0 Å². The van der Waals surface area contributed by atoms with Crippen LogP contribution in [-0.2, 0) is 10.0 Å². The molecule has 0 atom stereocenters. The SMILES string of the molecule is Nc1cccc(OCCS(=O)(=O)N2CCCC2)c1. The van der Waals surface area contributed by atoms with Gasteiger partial charge >= 0.3 is 0 Å². The number of ether oxygens (including phenoxy) is 1. The van der Waals surface area contributed by atoms with Gasteiger partial charge in [0.05, 0.1) is 5.75 Å². The monoisotopic (exact) mass is 270 g/mol. The average molecular weight is 270 g/mol. The number of benzene rings is 1. The number of nitrogen functional groups attached to an aromatic ring is 1. The summed E-state index contributed by atoms with van der Waals surface area (Å²) in [4.78, 5) is 0. The third kappa shape index (κ3) is 3.36. The first-order valence-corrected chi connectivity index (χ1v) is 7.65. The molecule has 0 bridgehead atoms. The van der Waals surface area contributed by atoms with E-state index in [0.29, 0.717) is 24.5 Å². The van der Waals surface area contributed by atoms with Crippen molar-refractivity contribution in [2.24, 2.45) is 0 Å². The summed E-state index contributed by atoms with van der Waals surface area (Å²) in [5.74, 6) is 0.619. The van der Waals surface area contributed by atoms with Crippen molar-refractivity contribution in [3.05, 3.63) is 24.3 Å². The van der Waals surface area contributed by atoms with Crippen molar-refractivity contribution in [3.8, 4) is 5.75 Å². The molecule has 1 saturated heterocycles. The highest BCUT2D eigenvalue weighted by Gasteiger charge is 2.24. The van der Waals surface area contributed by atoms with Crippen LogP contribution in [0.15, 0.2) is 24.3 Å². The lowest BCUT2D eigenvalue weighted by molar-refractivity contribution is 0.337. The summed E-state index contributed by atoms with van der Waals surface area (Å²) in [5.41, 5.74) is 6.22. The van der Waals surface area contributed by atoms with Gasteiger partial charge in [-0.25, -0.2) is 12.7 Å². The van der Waals surface area contributed by atoms with E-state index in [-0.39, 0.29) is 12.4 Å². The van der Waals surface area contributed by atoms with E-state index in [4.69, 9.17) is 10.5 Å². The Morgan fingerprint density at radius 2 is 2.00 bits per heavy atom. The Bertz CT molecular complexity index is 496. The molecule has 1 fully saturated rings. The molecule has 0 radical (unpaired) electrons. The molecule has 18 heavy (non-hydrogen) atoms. The number of sulfonamides is 1.